The molecule has 2 heterocycles. The average molecular weight is 307 g/mol. The fourth-order valence-corrected chi connectivity index (χ4v) is 3.70. The van der Waals surface area contributed by atoms with Crippen molar-refractivity contribution in [1.29, 1.82) is 0 Å². The van der Waals surface area contributed by atoms with Crippen molar-refractivity contribution in [2.45, 2.75) is 44.9 Å². The molecule has 4 nitrogen and oxygen atoms in total. The first-order chi connectivity index (χ1) is 10.1. The van der Waals surface area contributed by atoms with E-state index in [9.17, 15) is 4.79 Å². The van der Waals surface area contributed by atoms with Gasteiger partial charge >= 0.3 is 0 Å². The van der Waals surface area contributed by atoms with E-state index in [-0.39, 0.29) is 18.1 Å². The van der Waals surface area contributed by atoms with E-state index in [1.54, 1.807) is 11.3 Å². The van der Waals surface area contributed by atoms with Crippen LogP contribution in [0, 0.1) is 5.92 Å². The van der Waals surface area contributed by atoms with E-state index in [1.165, 1.54) is 18.4 Å². The maximum Gasteiger partial charge on any atom is 0.241 e. The molecule has 1 aromatic heterocycles. The van der Waals surface area contributed by atoms with Gasteiger partial charge in [0.15, 0.2) is 0 Å². The molecule has 5 heteroatoms. The van der Waals surface area contributed by atoms with Crippen molar-refractivity contribution in [3.63, 3.8) is 0 Å². The molecule has 1 saturated carbocycles. The lowest BCUT2D eigenvalue weighted by Crippen LogP contribution is -2.38. The van der Waals surface area contributed by atoms with Crippen molar-refractivity contribution in [1.82, 2.24) is 15.1 Å². The minimum absolute atomic E-state index is 0.0451. The summed E-state index contributed by atoms with van der Waals surface area (Å²) in [6.45, 7) is 5.99. The second kappa shape index (κ2) is 6.07. The van der Waals surface area contributed by atoms with Crippen molar-refractivity contribution in [3.05, 3.63) is 22.4 Å². The minimum atomic E-state index is -0.0545. The number of thiophene rings is 1. The molecule has 2 atom stereocenters. The van der Waals surface area contributed by atoms with Gasteiger partial charge in [-0.25, -0.2) is 0 Å². The Kier molecular flexibility index (Phi) is 4.33. The van der Waals surface area contributed by atoms with Crippen molar-refractivity contribution in [2.24, 2.45) is 5.92 Å². The van der Waals surface area contributed by atoms with Gasteiger partial charge in [0.2, 0.25) is 5.91 Å². The van der Waals surface area contributed by atoms with Crippen LogP contribution in [0.25, 0.3) is 0 Å². The molecule has 1 N–H and O–H groups in total. The number of hydrogen-bond acceptors (Lipinski definition) is 4. The number of carbonyl (C=O) groups excluding carboxylic acids is 1. The highest BCUT2D eigenvalue weighted by Gasteiger charge is 2.41. The van der Waals surface area contributed by atoms with Gasteiger partial charge in [0.1, 0.15) is 6.17 Å². The average Bonchev–Trinajstić information content (AvgIpc) is 3.06. The quantitative estimate of drug-likeness (QED) is 0.876. The smallest absolute Gasteiger partial charge is 0.241 e. The summed E-state index contributed by atoms with van der Waals surface area (Å²) in [4.78, 5) is 17.1. The summed E-state index contributed by atoms with van der Waals surface area (Å²) in [6, 6.07) is 2.81. The van der Waals surface area contributed by atoms with E-state index in [2.05, 4.69) is 47.9 Å². The summed E-state index contributed by atoms with van der Waals surface area (Å²) in [5, 5.41) is 7.75. The minimum Gasteiger partial charge on any atom is -0.320 e. The zero-order chi connectivity index (χ0) is 15.0. The summed E-state index contributed by atoms with van der Waals surface area (Å²) in [5.74, 6) is 0.579. The van der Waals surface area contributed by atoms with Crippen LogP contribution in [0.4, 0.5) is 0 Å². The number of rotatable bonds is 6. The van der Waals surface area contributed by atoms with E-state index in [1.807, 2.05) is 4.90 Å². The molecule has 1 aliphatic carbocycles. The predicted molar refractivity (Wildman–Crippen MR) is 86.2 cm³/mol. The Morgan fingerprint density at radius 1 is 1.48 bits per heavy atom. The van der Waals surface area contributed by atoms with Gasteiger partial charge in [-0.15, -0.1) is 0 Å². The number of hydrogen-bond donors (Lipinski definition) is 1. The Morgan fingerprint density at radius 3 is 2.81 bits per heavy atom. The molecular weight excluding hydrogens is 282 g/mol. The van der Waals surface area contributed by atoms with E-state index >= 15 is 0 Å². The maximum atomic E-state index is 12.7. The molecule has 0 spiro atoms. The molecule has 1 amide bonds. The predicted octanol–water partition coefficient (Wildman–Crippen LogP) is 2.30. The summed E-state index contributed by atoms with van der Waals surface area (Å²) in [6.07, 6.45) is 2.67. The SMILES string of the molecule is CC(C)C1NC(c2ccsc2)N(CCN(C)C2CC2)C1=O. The molecule has 0 aromatic carbocycles. The second-order valence-corrected chi connectivity index (χ2v) is 7.37. The highest BCUT2D eigenvalue weighted by atomic mass is 32.1. The Bertz CT molecular complexity index is 484. The molecule has 1 aliphatic heterocycles. The monoisotopic (exact) mass is 307 g/mol. The summed E-state index contributed by atoms with van der Waals surface area (Å²) >= 11 is 1.69. The fourth-order valence-electron chi connectivity index (χ4n) is 3.02. The molecule has 21 heavy (non-hydrogen) atoms. The van der Waals surface area contributed by atoms with Crippen LogP contribution >= 0.6 is 11.3 Å². The van der Waals surface area contributed by atoms with E-state index in [0.717, 1.165) is 19.1 Å². The normalized spacial score (nSPS) is 26.3. The van der Waals surface area contributed by atoms with Crippen LogP contribution in [0.1, 0.15) is 38.4 Å². The topological polar surface area (TPSA) is 35.6 Å². The first-order valence-corrected chi connectivity index (χ1v) is 8.81. The van der Waals surface area contributed by atoms with Crippen LogP contribution in [-0.4, -0.2) is 47.9 Å². The highest BCUT2D eigenvalue weighted by Crippen LogP contribution is 2.30. The lowest BCUT2D eigenvalue weighted by Gasteiger charge is -2.26. The molecular formula is C16H25N3OS. The Balaban J connectivity index is 1.71. The van der Waals surface area contributed by atoms with Crippen LogP contribution in [0.2, 0.25) is 0 Å². The molecule has 2 unspecified atom stereocenters. The van der Waals surface area contributed by atoms with Crippen molar-refractivity contribution < 1.29 is 4.79 Å². The van der Waals surface area contributed by atoms with Gasteiger partial charge in [0.05, 0.1) is 6.04 Å². The zero-order valence-electron chi connectivity index (χ0n) is 13.1. The third-order valence-electron chi connectivity index (χ3n) is 4.59. The van der Waals surface area contributed by atoms with Gasteiger partial charge in [-0.1, -0.05) is 13.8 Å². The number of nitrogens with one attached hydrogen (secondary N) is 1. The summed E-state index contributed by atoms with van der Waals surface area (Å²) in [5.41, 5.74) is 1.21. The standard InChI is InChI=1S/C16H25N3OS/c1-11(2)14-16(20)19(8-7-18(3)13-4-5-13)15(17-14)12-6-9-21-10-12/h6,9-11,13-15,17H,4-5,7-8H2,1-3H3. The van der Waals surface area contributed by atoms with Gasteiger partial charge < -0.3 is 9.80 Å². The van der Waals surface area contributed by atoms with Gasteiger partial charge in [0, 0.05) is 19.1 Å². The van der Waals surface area contributed by atoms with Crippen LogP contribution < -0.4 is 5.32 Å². The number of carbonyl (C=O) groups is 1. The van der Waals surface area contributed by atoms with Crippen LogP contribution in [0.15, 0.2) is 16.8 Å². The number of amides is 1. The van der Waals surface area contributed by atoms with Crippen molar-refractivity contribution in [3.8, 4) is 0 Å². The number of nitrogens with zero attached hydrogens (tertiary/aromatic N) is 2. The molecule has 2 fully saturated rings. The van der Waals surface area contributed by atoms with Gasteiger partial charge in [-0.3, -0.25) is 10.1 Å². The Hall–Kier alpha value is -0.910. The molecule has 1 saturated heterocycles. The molecule has 1 aromatic rings. The van der Waals surface area contributed by atoms with Crippen LogP contribution in [0.3, 0.4) is 0 Å². The van der Waals surface area contributed by atoms with Gasteiger partial charge in [-0.05, 0) is 48.2 Å². The zero-order valence-corrected chi connectivity index (χ0v) is 13.9. The highest BCUT2D eigenvalue weighted by molar-refractivity contribution is 7.07. The first kappa shape index (κ1) is 15.0. The largest absolute Gasteiger partial charge is 0.320 e. The van der Waals surface area contributed by atoms with Crippen LogP contribution in [-0.2, 0) is 4.79 Å². The van der Waals surface area contributed by atoms with Gasteiger partial charge in [0.25, 0.3) is 0 Å². The van der Waals surface area contributed by atoms with E-state index < -0.39 is 0 Å². The number of likely N-dealkylation sites (N-methyl/N-ethyl adjacent to an activating group) is 1. The van der Waals surface area contributed by atoms with Crippen molar-refractivity contribution >= 4 is 17.2 Å². The Morgan fingerprint density at radius 2 is 2.24 bits per heavy atom. The second-order valence-electron chi connectivity index (χ2n) is 6.59. The van der Waals surface area contributed by atoms with Gasteiger partial charge in [-0.2, -0.15) is 11.3 Å². The third kappa shape index (κ3) is 3.15. The van der Waals surface area contributed by atoms with Crippen LogP contribution in [0.5, 0.6) is 0 Å². The third-order valence-corrected chi connectivity index (χ3v) is 5.29. The molecule has 2 aliphatic rings. The van der Waals surface area contributed by atoms with Crippen molar-refractivity contribution in [2.75, 3.05) is 20.1 Å². The lowest BCUT2D eigenvalue weighted by atomic mass is 10.1. The maximum absolute atomic E-state index is 12.7. The molecule has 116 valence electrons. The van der Waals surface area contributed by atoms with E-state index in [0.29, 0.717) is 5.92 Å². The first-order valence-electron chi connectivity index (χ1n) is 7.87. The Labute approximate surface area is 131 Å². The molecule has 0 radical (unpaired) electrons. The molecule has 0 bridgehead atoms. The lowest BCUT2D eigenvalue weighted by molar-refractivity contribution is -0.131. The summed E-state index contributed by atoms with van der Waals surface area (Å²) in [7, 11) is 2.17. The fraction of sp³-hybridized carbons (Fsp3) is 0.688. The summed E-state index contributed by atoms with van der Waals surface area (Å²) < 4.78 is 0. The molecule has 3 rings (SSSR count). The van der Waals surface area contributed by atoms with E-state index in [4.69, 9.17) is 0 Å².